The van der Waals surface area contributed by atoms with Crippen LogP contribution in [0, 0.1) is 0 Å². The van der Waals surface area contributed by atoms with Crippen molar-refractivity contribution >= 4 is 0 Å². The van der Waals surface area contributed by atoms with Crippen molar-refractivity contribution in [3.63, 3.8) is 0 Å². The second-order valence-electron chi connectivity index (χ2n) is 5.32. The summed E-state index contributed by atoms with van der Waals surface area (Å²) in [6.45, 7) is 6.30. The summed E-state index contributed by atoms with van der Waals surface area (Å²) in [5, 5.41) is 9.77. The predicted octanol–water partition coefficient (Wildman–Crippen LogP) is 5.05. The zero-order valence-electron chi connectivity index (χ0n) is 12.3. The van der Waals surface area contributed by atoms with Crippen LogP contribution < -0.4 is 4.74 Å². The van der Waals surface area contributed by atoms with Crippen molar-refractivity contribution < 1.29 is 9.84 Å². The third-order valence-electron chi connectivity index (χ3n) is 3.41. The van der Waals surface area contributed by atoms with Crippen molar-refractivity contribution in [1.29, 1.82) is 0 Å². The lowest BCUT2D eigenvalue weighted by molar-refractivity contribution is 0.173. The Balaban J connectivity index is 2.12. The van der Waals surface area contributed by atoms with Crippen molar-refractivity contribution in [3.05, 3.63) is 59.7 Å². The van der Waals surface area contributed by atoms with Crippen LogP contribution in [0.15, 0.2) is 48.5 Å². The lowest BCUT2D eigenvalue weighted by Crippen LogP contribution is -1.94. The highest BCUT2D eigenvalue weighted by atomic mass is 16.5. The smallest absolute Gasteiger partial charge is 0.127 e. The molecule has 2 nitrogen and oxygen atoms in total. The third-order valence-corrected chi connectivity index (χ3v) is 3.41. The van der Waals surface area contributed by atoms with E-state index in [1.165, 1.54) is 5.56 Å². The van der Waals surface area contributed by atoms with Gasteiger partial charge in [0.05, 0.1) is 6.10 Å². The van der Waals surface area contributed by atoms with Crippen molar-refractivity contribution in [2.45, 2.75) is 39.2 Å². The monoisotopic (exact) mass is 270 g/mol. The maximum absolute atomic E-state index is 9.77. The first-order chi connectivity index (χ1) is 9.60. The van der Waals surface area contributed by atoms with Gasteiger partial charge in [0, 0.05) is 0 Å². The minimum Gasteiger partial charge on any atom is -0.457 e. The lowest BCUT2D eigenvalue weighted by atomic mass is 10.0. The van der Waals surface area contributed by atoms with Gasteiger partial charge in [-0.25, -0.2) is 0 Å². The van der Waals surface area contributed by atoms with Crippen LogP contribution in [0.5, 0.6) is 11.5 Å². The zero-order valence-corrected chi connectivity index (χ0v) is 12.3. The molecule has 0 unspecified atom stereocenters. The van der Waals surface area contributed by atoms with Crippen LogP contribution in [0.4, 0.5) is 0 Å². The largest absolute Gasteiger partial charge is 0.457 e. The Hall–Kier alpha value is -1.80. The molecule has 0 saturated carbocycles. The molecule has 0 aromatic heterocycles. The second-order valence-corrected chi connectivity index (χ2v) is 5.32. The molecular weight excluding hydrogens is 248 g/mol. The molecule has 2 aromatic carbocycles. The van der Waals surface area contributed by atoms with E-state index in [1.807, 2.05) is 43.3 Å². The van der Waals surface area contributed by atoms with E-state index >= 15 is 0 Å². The Morgan fingerprint density at radius 2 is 1.65 bits per heavy atom. The molecule has 2 rings (SSSR count). The Kier molecular flexibility index (Phi) is 4.80. The minimum absolute atomic E-state index is 0.395. The highest BCUT2D eigenvalue weighted by Crippen LogP contribution is 2.26. The van der Waals surface area contributed by atoms with E-state index in [0.29, 0.717) is 5.92 Å². The van der Waals surface area contributed by atoms with Crippen LogP contribution in [0.1, 0.15) is 50.3 Å². The number of ether oxygens (including phenoxy) is 1. The predicted molar refractivity (Wildman–Crippen MR) is 82.3 cm³/mol. The first-order valence-corrected chi connectivity index (χ1v) is 7.16. The van der Waals surface area contributed by atoms with Crippen LogP contribution in [0.25, 0.3) is 0 Å². The van der Waals surface area contributed by atoms with E-state index in [1.54, 1.807) is 0 Å². The van der Waals surface area contributed by atoms with Gasteiger partial charge in [-0.1, -0.05) is 45.0 Å². The Morgan fingerprint density at radius 1 is 0.950 bits per heavy atom. The van der Waals surface area contributed by atoms with E-state index < -0.39 is 6.10 Å². The quantitative estimate of drug-likeness (QED) is 0.824. The molecular formula is C18H22O2. The molecule has 0 amide bonds. The van der Waals surface area contributed by atoms with Gasteiger partial charge in [0.15, 0.2) is 0 Å². The van der Waals surface area contributed by atoms with E-state index in [9.17, 15) is 5.11 Å². The molecule has 0 aliphatic rings. The number of rotatable bonds is 5. The average molecular weight is 270 g/mol. The molecule has 0 aliphatic carbocycles. The Morgan fingerprint density at radius 3 is 2.25 bits per heavy atom. The molecule has 20 heavy (non-hydrogen) atoms. The standard InChI is InChI=1S/C18H22O2/c1-4-18(19)14-8-10-16(11-9-14)20-17-7-5-6-15(12-17)13(2)3/h5-13,18-19H,4H2,1-3H3/t18-/m1/s1. The third kappa shape index (κ3) is 3.61. The van der Waals surface area contributed by atoms with Gasteiger partial charge in [-0.05, 0) is 47.7 Å². The number of benzene rings is 2. The van der Waals surface area contributed by atoms with Crippen molar-refractivity contribution in [2.24, 2.45) is 0 Å². The fourth-order valence-corrected chi connectivity index (χ4v) is 2.07. The molecule has 1 N–H and O–H groups in total. The van der Waals surface area contributed by atoms with Gasteiger partial charge in [0.1, 0.15) is 11.5 Å². The van der Waals surface area contributed by atoms with Crippen LogP contribution in [-0.4, -0.2) is 5.11 Å². The summed E-state index contributed by atoms with van der Waals surface area (Å²) in [7, 11) is 0. The second kappa shape index (κ2) is 6.58. The summed E-state index contributed by atoms with van der Waals surface area (Å²) in [4.78, 5) is 0. The molecule has 0 bridgehead atoms. The number of aliphatic hydroxyl groups is 1. The van der Waals surface area contributed by atoms with Gasteiger partial charge in [0.2, 0.25) is 0 Å². The molecule has 0 spiro atoms. The number of hydrogen-bond acceptors (Lipinski definition) is 2. The van der Waals surface area contributed by atoms with Crippen LogP contribution >= 0.6 is 0 Å². The molecule has 0 saturated heterocycles. The first-order valence-electron chi connectivity index (χ1n) is 7.16. The summed E-state index contributed by atoms with van der Waals surface area (Å²) in [5.41, 5.74) is 2.19. The van der Waals surface area contributed by atoms with Crippen LogP contribution in [0.3, 0.4) is 0 Å². The van der Waals surface area contributed by atoms with Gasteiger partial charge in [-0.15, -0.1) is 0 Å². The fraction of sp³-hybridized carbons (Fsp3) is 0.333. The van der Waals surface area contributed by atoms with E-state index in [4.69, 9.17) is 4.74 Å². The summed E-state index contributed by atoms with van der Waals surface area (Å²) in [5.74, 6) is 2.12. The highest BCUT2D eigenvalue weighted by Gasteiger charge is 2.05. The van der Waals surface area contributed by atoms with Gasteiger partial charge in [0.25, 0.3) is 0 Å². The van der Waals surface area contributed by atoms with Gasteiger partial charge in [-0.3, -0.25) is 0 Å². The Labute approximate surface area is 121 Å². The van der Waals surface area contributed by atoms with Crippen molar-refractivity contribution in [1.82, 2.24) is 0 Å². The molecule has 0 radical (unpaired) electrons. The summed E-state index contributed by atoms with van der Waals surface area (Å²) in [6.07, 6.45) is 0.324. The average Bonchev–Trinajstić information content (AvgIpc) is 2.47. The number of hydrogen-bond donors (Lipinski definition) is 1. The maximum atomic E-state index is 9.77. The van der Waals surface area contributed by atoms with E-state index in [0.717, 1.165) is 23.5 Å². The van der Waals surface area contributed by atoms with Crippen LogP contribution in [-0.2, 0) is 0 Å². The lowest BCUT2D eigenvalue weighted by Gasteiger charge is -2.11. The molecule has 0 heterocycles. The highest BCUT2D eigenvalue weighted by molar-refractivity contribution is 5.36. The summed E-state index contributed by atoms with van der Waals surface area (Å²) < 4.78 is 5.86. The first kappa shape index (κ1) is 14.6. The molecule has 0 fully saturated rings. The summed E-state index contributed by atoms with van der Waals surface area (Å²) >= 11 is 0. The van der Waals surface area contributed by atoms with Crippen molar-refractivity contribution in [3.8, 4) is 11.5 Å². The molecule has 2 aromatic rings. The minimum atomic E-state index is -0.395. The SMILES string of the molecule is CC[C@@H](O)c1ccc(Oc2cccc(C(C)C)c2)cc1. The maximum Gasteiger partial charge on any atom is 0.127 e. The van der Waals surface area contributed by atoms with Gasteiger partial charge in [-0.2, -0.15) is 0 Å². The molecule has 0 aliphatic heterocycles. The fourth-order valence-electron chi connectivity index (χ4n) is 2.07. The van der Waals surface area contributed by atoms with Gasteiger partial charge >= 0.3 is 0 Å². The molecule has 2 heteroatoms. The molecule has 106 valence electrons. The van der Waals surface area contributed by atoms with Gasteiger partial charge < -0.3 is 9.84 Å². The topological polar surface area (TPSA) is 29.5 Å². The molecule has 1 atom stereocenters. The van der Waals surface area contributed by atoms with Crippen molar-refractivity contribution in [2.75, 3.05) is 0 Å². The normalized spacial score (nSPS) is 12.4. The van der Waals surface area contributed by atoms with E-state index in [2.05, 4.69) is 26.0 Å². The van der Waals surface area contributed by atoms with Crippen LogP contribution in [0.2, 0.25) is 0 Å². The number of aliphatic hydroxyl groups excluding tert-OH is 1. The van der Waals surface area contributed by atoms with E-state index in [-0.39, 0.29) is 0 Å². The summed E-state index contributed by atoms with van der Waals surface area (Å²) in [6, 6.07) is 15.8. The zero-order chi connectivity index (χ0) is 14.5. The Bertz CT molecular complexity index is 544.